The van der Waals surface area contributed by atoms with E-state index in [-0.39, 0.29) is 6.04 Å². The van der Waals surface area contributed by atoms with Gasteiger partial charge in [-0.15, -0.1) is 0 Å². The lowest BCUT2D eigenvalue weighted by molar-refractivity contribution is 0.454. The van der Waals surface area contributed by atoms with Crippen LogP contribution in [0, 0.1) is 5.92 Å². The zero-order chi connectivity index (χ0) is 10.8. The number of nitrogens with two attached hydrogens (primary N) is 1. The molecule has 1 atom stereocenters. The molecule has 0 bridgehead atoms. The molecule has 5 nitrogen and oxygen atoms in total. The first-order valence-electron chi connectivity index (χ1n) is 4.92. The summed E-state index contributed by atoms with van der Waals surface area (Å²) in [6.07, 6.45) is 0.753. The first kappa shape index (κ1) is 11.9. The van der Waals surface area contributed by atoms with Gasteiger partial charge in [-0.1, -0.05) is 13.8 Å². The summed E-state index contributed by atoms with van der Waals surface area (Å²) in [6.45, 7) is 5.40. The number of hydrogen-bond acceptors (Lipinski definition) is 3. The van der Waals surface area contributed by atoms with Gasteiger partial charge in [-0.05, 0) is 12.3 Å². The number of nitrogens with zero attached hydrogens (tertiary/aromatic N) is 1. The minimum absolute atomic E-state index is 0.00868. The molecule has 1 fully saturated rings. The molecule has 0 unspecified atom stereocenters. The van der Waals surface area contributed by atoms with Crippen molar-refractivity contribution in [3.8, 4) is 0 Å². The lowest BCUT2D eigenvalue weighted by atomic mass is 10.2. The van der Waals surface area contributed by atoms with Crippen LogP contribution in [-0.2, 0) is 10.2 Å². The van der Waals surface area contributed by atoms with Gasteiger partial charge in [-0.25, -0.2) is 4.72 Å². The number of nitrogens with one attached hydrogen (secondary N) is 1. The van der Waals surface area contributed by atoms with Gasteiger partial charge < -0.3 is 5.73 Å². The Bertz CT molecular complexity index is 276. The average Bonchev–Trinajstić information content (AvgIpc) is 2.49. The predicted molar refractivity (Wildman–Crippen MR) is 55.9 cm³/mol. The highest BCUT2D eigenvalue weighted by atomic mass is 32.2. The molecule has 84 valence electrons. The van der Waals surface area contributed by atoms with Crippen molar-refractivity contribution in [3.63, 3.8) is 0 Å². The van der Waals surface area contributed by atoms with Gasteiger partial charge in [0.25, 0.3) is 10.2 Å². The molecule has 3 N–H and O–H groups in total. The van der Waals surface area contributed by atoms with Crippen LogP contribution in [0.2, 0.25) is 0 Å². The van der Waals surface area contributed by atoms with Gasteiger partial charge in [0.15, 0.2) is 0 Å². The topological polar surface area (TPSA) is 75.4 Å². The van der Waals surface area contributed by atoms with Gasteiger partial charge in [0, 0.05) is 25.7 Å². The maximum Gasteiger partial charge on any atom is 0.279 e. The van der Waals surface area contributed by atoms with Crippen LogP contribution in [0.4, 0.5) is 0 Å². The fraction of sp³-hybridized carbons (Fsp3) is 1.00. The van der Waals surface area contributed by atoms with E-state index in [4.69, 9.17) is 5.73 Å². The molecule has 0 radical (unpaired) electrons. The Hall–Kier alpha value is -0.170. The summed E-state index contributed by atoms with van der Waals surface area (Å²) >= 11 is 0. The van der Waals surface area contributed by atoms with E-state index in [0.29, 0.717) is 25.6 Å². The van der Waals surface area contributed by atoms with E-state index in [1.54, 1.807) is 0 Å². The average molecular weight is 221 g/mol. The predicted octanol–water partition coefficient (Wildman–Crippen LogP) is -0.490. The van der Waals surface area contributed by atoms with Crippen molar-refractivity contribution in [2.75, 3.05) is 19.6 Å². The van der Waals surface area contributed by atoms with Crippen LogP contribution in [0.5, 0.6) is 0 Å². The highest BCUT2D eigenvalue weighted by Crippen LogP contribution is 2.10. The zero-order valence-electron chi connectivity index (χ0n) is 8.73. The largest absolute Gasteiger partial charge is 0.326 e. The van der Waals surface area contributed by atoms with Gasteiger partial charge in [0.05, 0.1) is 0 Å². The van der Waals surface area contributed by atoms with E-state index in [1.807, 2.05) is 13.8 Å². The molecule has 0 aliphatic carbocycles. The lowest BCUT2D eigenvalue weighted by Crippen LogP contribution is -2.41. The first-order chi connectivity index (χ1) is 6.42. The second-order valence-electron chi connectivity index (χ2n) is 4.15. The summed E-state index contributed by atoms with van der Waals surface area (Å²) < 4.78 is 27.3. The highest BCUT2D eigenvalue weighted by molar-refractivity contribution is 7.87. The molecular formula is C8H19N3O2S. The van der Waals surface area contributed by atoms with Crippen LogP contribution in [-0.4, -0.2) is 38.4 Å². The molecule has 1 saturated heterocycles. The summed E-state index contributed by atoms with van der Waals surface area (Å²) in [7, 11) is -3.28. The van der Waals surface area contributed by atoms with Crippen molar-refractivity contribution in [2.45, 2.75) is 26.3 Å². The summed E-state index contributed by atoms with van der Waals surface area (Å²) in [5.41, 5.74) is 5.64. The zero-order valence-corrected chi connectivity index (χ0v) is 9.55. The Morgan fingerprint density at radius 3 is 2.64 bits per heavy atom. The molecule has 0 amide bonds. The van der Waals surface area contributed by atoms with Crippen molar-refractivity contribution < 1.29 is 8.42 Å². The van der Waals surface area contributed by atoms with Crippen molar-refractivity contribution >= 4 is 10.2 Å². The third-order valence-electron chi connectivity index (χ3n) is 2.20. The molecule has 0 aromatic carbocycles. The molecule has 1 aliphatic heterocycles. The molecule has 6 heteroatoms. The van der Waals surface area contributed by atoms with Crippen LogP contribution in [0.3, 0.4) is 0 Å². The van der Waals surface area contributed by atoms with Crippen molar-refractivity contribution in [2.24, 2.45) is 11.7 Å². The molecule has 0 aromatic heterocycles. The van der Waals surface area contributed by atoms with Crippen LogP contribution in [0.1, 0.15) is 20.3 Å². The van der Waals surface area contributed by atoms with Crippen LogP contribution in [0.15, 0.2) is 0 Å². The summed E-state index contributed by atoms with van der Waals surface area (Å²) in [5.74, 6) is 0.320. The molecule has 0 aromatic rings. The Kier molecular flexibility index (Phi) is 3.88. The van der Waals surface area contributed by atoms with Gasteiger partial charge >= 0.3 is 0 Å². The first-order valence-corrected chi connectivity index (χ1v) is 6.36. The normalized spacial score (nSPS) is 24.7. The Labute approximate surface area is 85.8 Å². The second kappa shape index (κ2) is 4.57. The van der Waals surface area contributed by atoms with E-state index in [0.717, 1.165) is 6.42 Å². The minimum atomic E-state index is -3.28. The third kappa shape index (κ3) is 3.20. The minimum Gasteiger partial charge on any atom is -0.326 e. The van der Waals surface area contributed by atoms with Crippen molar-refractivity contribution in [3.05, 3.63) is 0 Å². The fourth-order valence-corrected chi connectivity index (χ4v) is 2.80. The summed E-state index contributed by atoms with van der Waals surface area (Å²) in [5, 5.41) is 0. The van der Waals surface area contributed by atoms with E-state index in [9.17, 15) is 8.42 Å². The van der Waals surface area contributed by atoms with E-state index < -0.39 is 10.2 Å². The molecule has 1 aliphatic rings. The monoisotopic (exact) mass is 221 g/mol. The van der Waals surface area contributed by atoms with Gasteiger partial charge in [-0.3, -0.25) is 0 Å². The number of rotatable bonds is 4. The quantitative estimate of drug-likeness (QED) is 0.672. The van der Waals surface area contributed by atoms with E-state index in [2.05, 4.69) is 4.72 Å². The van der Waals surface area contributed by atoms with Crippen molar-refractivity contribution in [1.82, 2.24) is 9.03 Å². The SMILES string of the molecule is CC(C)CNS(=O)(=O)N1CC[C@@H](N)C1. The van der Waals surface area contributed by atoms with Crippen LogP contribution < -0.4 is 10.5 Å². The van der Waals surface area contributed by atoms with Crippen LogP contribution >= 0.6 is 0 Å². The Balaban J connectivity index is 2.49. The van der Waals surface area contributed by atoms with Gasteiger partial charge in [-0.2, -0.15) is 12.7 Å². The lowest BCUT2D eigenvalue weighted by Gasteiger charge is -2.17. The Morgan fingerprint density at radius 1 is 1.57 bits per heavy atom. The fourth-order valence-electron chi connectivity index (χ4n) is 1.34. The molecular weight excluding hydrogens is 202 g/mol. The summed E-state index contributed by atoms with van der Waals surface area (Å²) in [4.78, 5) is 0. The van der Waals surface area contributed by atoms with E-state index >= 15 is 0 Å². The highest BCUT2D eigenvalue weighted by Gasteiger charge is 2.28. The second-order valence-corrected chi connectivity index (χ2v) is 5.91. The molecule has 0 saturated carbocycles. The third-order valence-corrected chi connectivity index (χ3v) is 3.74. The molecule has 14 heavy (non-hydrogen) atoms. The summed E-state index contributed by atoms with van der Waals surface area (Å²) in [6, 6.07) is -0.00868. The molecule has 0 spiro atoms. The molecule has 1 rings (SSSR count). The van der Waals surface area contributed by atoms with Crippen molar-refractivity contribution in [1.29, 1.82) is 0 Å². The van der Waals surface area contributed by atoms with Crippen LogP contribution in [0.25, 0.3) is 0 Å². The molecule has 1 heterocycles. The van der Waals surface area contributed by atoms with Gasteiger partial charge in [0.2, 0.25) is 0 Å². The Morgan fingerprint density at radius 2 is 2.21 bits per heavy atom. The van der Waals surface area contributed by atoms with E-state index in [1.165, 1.54) is 4.31 Å². The maximum absolute atomic E-state index is 11.6. The number of hydrogen-bond donors (Lipinski definition) is 2. The van der Waals surface area contributed by atoms with Gasteiger partial charge in [0.1, 0.15) is 0 Å². The smallest absolute Gasteiger partial charge is 0.279 e. The maximum atomic E-state index is 11.6. The standard InChI is InChI=1S/C8H19N3O2S/c1-7(2)5-10-14(12,13)11-4-3-8(9)6-11/h7-8,10H,3-6,9H2,1-2H3/t8-/m1/s1.